The van der Waals surface area contributed by atoms with E-state index in [1.165, 1.54) is 16.8 Å². The van der Waals surface area contributed by atoms with E-state index < -0.39 is 0 Å². The fourth-order valence-corrected chi connectivity index (χ4v) is 2.94. The topological polar surface area (TPSA) is 95.1 Å². The van der Waals surface area contributed by atoms with Crippen molar-refractivity contribution in [3.63, 3.8) is 0 Å². The van der Waals surface area contributed by atoms with Gasteiger partial charge in [-0.15, -0.1) is 10.2 Å². The molecule has 0 radical (unpaired) electrons. The number of hydrogen-bond acceptors (Lipinski definition) is 6. The predicted molar refractivity (Wildman–Crippen MR) is 101 cm³/mol. The van der Waals surface area contributed by atoms with Crippen molar-refractivity contribution in [2.24, 2.45) is 0 Å². The van der Waals surface area contributed by atoms with Gasteiger partial charge in [-0.3, -0.25) is 4.79 Å². The van der Waals surface area contributed by atoms with Crippen LogP contribution in [-0.2, 0) is 4.79 Å². The molecule has 0 bridgehead atoms. The largest absolute Gasteiger partial charge is 0.492 e. The van der Waals surface area contributed by atoms with Crippen LogP contribution < -0.4 is 15.9 Å². The summed E-state index contributed by atoms with van der Waals surface area (Å²) >= 11 is 1.15. The van der Waals surface area contributed by atoms with Gasteiger partial charge in [0.15, 0.2) is 5.82 Å². The number of hydrogen-bond donors (Lipinski definition) is 2. The summed E-state index contributed by atoms with van der Waals surface area (Å²) in [6.45, 7) is 0.759. The lowest BCUT2D eigenvalue weighted by molar-refractivity contribution is -0.118. The number of para-hydroxylation sites is 1. The molecule has 0 aliphatic heterocycles. The number of nitrogens with zero attached hydrogens (tertiary/aromatic N) is 3. The third-order valence-electron chi connectivity index (χ3n) is 3.52. The van der Waals surface area contributed by atoms with Crippen LogP contribution in [0.5, 0.6) is 5.75 Å². The Balaban J connectivity index is 1.45. The van der Waals surface area contributed by atoms with Crippen LogP contribution in [-0.4, -0.2) is 39.7 Å². The molecule has 0 saturated heterocycles. The third kappa shape index (κ3) is 5.20. The summed E-state index contributed by atoms with van der Waals surface area (Å²) in [5.74, 6) is 6.60. The lowest BCUT2D eigenvalue weighted by Gasteiger charge is -2.07. The molecule has 1 aromatic heterocycles. The Morgan fingerprint density at radius 2 is 2.00 bits per heavy atom. The SMILES string of the molecule is Nn1c(SCC(=O)NCCOc2ccccc2)nnc1-c1cccc(F)c1. The molecule has 0 aliphatic rings. The Morgan fingerprint density at radius 3 is 2.78 bits per heavy atom. The van der Waals surface area contributed by atoms with Gasteiger partial charge in [-0.25, -0.2) is 9.07 Å². The number of nitrogens with two attached hydrogens (primary N) is 1. The molecular formula is C18H18FN5O2S. The molecule has 27 heavy (non-hydrogen) atoms. The average molecular weight is 387 g/mol. The first-order valence-corrected chi connectivity index (χ1v) is 9.16. The number of nitrogen functional groups attached to an aromatic ring is 1. The maximum Gasteiger partial charge on any atom is 0.230 e. The van der Waals surface area contributed by atoms with Gasteiger partial charge in [0.2, 0.25) is 11.1 Å². The van der Waals surface area contributed by atoms with Crippen molar-refractivity contribution in [1.29, 1.82) is 0 Å². The number of amides is 1. The molecule has 1 heterocycles. The zero-order chi connectivity index (χ0) is 19.1. The Labute approximate surface area is 159 Å². The van der Waals surface area contributed by atoms with Crippen LogP contribution in [0.2, 0.25) is 0 Å². The van der Waals surface area contributed by atoms with E-state index in [9.17, 15) is 9.18 Å². The second-order valence-electron chi connectivity index (χ2n) is 5.49. The van der Waals surface area contributed by atoms with Crippen LogP contribution >= 0.6 is 11.8 Å². The Hall–Kier alpha value is -3.07. The first-order chi connectivity index (χ1) is 13.1. The lowest BCUT2D eigenvalue weighted by Crippen LogP contribution is -2.29. The van der Waals surface area contributed by atoms with Crippen molar-refractivity contribution >= 4 is 17.7 Å². The molecule has 0 aliphatic carbocycles. The van der Waals surface area contributed by atoms with Gasteiger partial charge < -0.3 is 15.9 Å². The predicted octanol–water partition coefficient (Wildman–Crippen LogP) is 2.09. The Bertz CT molecular complexity index is 904. The van der Waals surface area contributed by atoms with Crippen molar-refractivity contribution in [2.45, 2.75) is 5.16 Å². The van der Waals surface area contributed by atoms with E-state index in [0.29, 0.717) is 29.7 Å². The summed E-state index contributed by atoms with van der Waals surface area (Å²) in [6, 6.07) is 15.3. The van der Waals surface area contributed by atoms with Crippen molar-refractivity contribution in [1.82, 2.24) is 20.2 Å². The number of aromatic nitrogens is 3. The quantitative estimate of drug-likeness (QED) is 0.349. The molecule has 0 fully saturated rings. The van der Waals surface area contributed by atoms with Gasteiger partial charge in [0.25, 0.3) is 0 Å². The molecule has 9 heteroatoms. The van der Waals surface area contributed by atoms with E-state index in [0.717, 1.165) is 17.5 Å². The maximum atomic E-state index is 13.3. The summed E-state index contributed by atoms with van der Waals surface area (Å²) in [6.07, 6.45) is 0. The minimum atomic E-state index is -0.387. The van der Waals surface area contributed by atoms with Crippen molar-refractivity contribution in [3.05, 3.63) is 60.4 Å². The third-order valence-corrected chi connectivity index (χ3v) is 4.46. The van der Waals surface area contributed by atoms with Crippen LogP contribution in [0.1, 0.15) is 0 Å². The van der Waals surface area contributed by atoms with Crippen LogP contribution in [0.25, 0.3) is 11.4 Å². The number of ether oxygens (including phenoxy) is 1. The van der Waals surface area contributed by atoms with E-state index in [2.05, 4.69) is 15.5 Å². The number of carbonyl (C=O) groups excluding carboxylic acids is 1. The van der Waals surface area contributed by atoms with E-state index in [1.807, 2.05) is 30.3 Å². The molecule has 7 nitrogen and oxygen atoms in total. The van der Waals surface area contributed by atoms with E-state index in [-0.39, 0.29) is 17.5 Å². The average Bonchev–Trinajstić information content (AvgIpc) is 3.05. The number of carbonyl (C=O) groups is 1. The van der Waals surface area contributed by atoms with E-state index in [1.54, 1.807) is 12.1 Å². The smallest absolute Gasteiger partial charge is 0.230 e. The monoisotopic (exact) mass is 387 g/mol. The zero-order valence-corrected chi connectivity index (χ0v) is 15.2. The zero-order valence-electron chi connectivity index (χ0n) is 14.3. The summed E-state index contributed by atoms with van der Waals surface area (Å²) in [5.41, 5.74) is 0.513. The van der Waals surface area contributed by atoms with Crippen LogP contribution in [0.15, 0.2) is 59.8 Å². The van der Waals surface area contributed by atoms with Crippen LogP contribution in [0.3, 0.4) is 0 Å². The Morgan fingerprint density at radius 1 is 1.19 bits per heavy atom. The highest BCUT2D eigenvalue weighted by Crippen LogP contribution is 2.21. The number of thioether (sulfide) groups is 1. The number of halogens is 1. The van der Waals surface area contributed by atoms with E-state index in [4.69, 9.17) is 10.6 Å². The summed E-state index contributed by atoms with van der Waals surface area (Å²) in [4.78, 5) is 11.9. The molecule has 140 valence electrons. The van der Waals surface area contributed by atoms with Gasteiger partial charge in [0, 0.05) is 5.56 Å². The standard InChI is InChI=1S/C18H18FN5O2S/c19-14-6-4-5-13(11-14)17-22-23-18(24(17)20)27-12-16(25)21-9-10-26-15-7-2-1-3-8-15/h1-8,11H,9-10,12,20H2,(H,21,25). The van der Waals surface area contributed by atoms with Crippen LogP contribution in [0.4, 0.5) is 4.39 Å². The minimum Gasteiger partial charge on any atom is -0.492 e. The van der Waals surface area contributed by atoms with Crippen molar-refractivity contribution in [3.8, 4) is 17.1 Å². The van der Waals surface area contributed by atoms with E-state index >= 15 is 0 Å². The molecule has 3 aromatic rings. The molecule has 0 spiro atoms. The normalized spacial score (nSPS) is 10.6. The van der Waals surface area contributed by atoms with Gasteiger partial charge in [-0.2, -0.15) is 0 Å². The molecule has 0 unspecified atom stereocenters. The second kappa shape index (κ2) is 9.04. The highest BCUT2D eigenvalue weighted by Gasteiger charge is 2.14. The van der Waals surface area contributed by atoms with Crippen LogP contribution in [0, 0.1) is 5.82 Å². The molecule has 0 atom stereocenters. The summed E-state index contributed by atoms with van der Waals surface area (Å²) in [5, 5.41) is 11.0. The molecule has 0 saturated carbocycles. The molecular weight excluding hydrogens is 369 g/mol. The first kappa shape index (κ1) is 18.7. The summed E-state index contributed by atoms with van der Waals surface area (Å²) < 4.78 is 20.1. The molecule has 2 aromatic carbocycles. The fraction of sp³-hybridized carbons (Fsp3) is 0.167. The highest BCUT2D eigenvalue weighted by atomic mass is 32.2. The van der Waals surface area contributed by atoms with Crippen molar-refractivity contribution < 1.29 is 13.9 Å². The molecule has 3 N–H and O–H groups in total. The maximum absolute atomic E-state index is 13.3. The fourth-order valence-electron chi connectivity index (χ4n) is 2.26. The van der Waals surface area contributed by atoms with Crippen molar-refractivity contribution in [2.75, 3.05) is 24.7 Å². The van der Waals surface area contributed by atoms with Gasteiger partial charge in [-0.05, 0) is 24.3 Å². The Kier molecular flexibility index (Phi) is 6.26. The number of rotatable bonds is 8. The lowest BCUT2D eigenvalue weighted by atomic mass is 10.2. The molecule has 1 amide bonds. The summed E-state index contributed by atoms with van der Waals surface area (Å²) in [7, 11) is 0. The van der Waals surface area contributed by atoms with Gasteiger partial charge in [0.05, 0.1) is 12.3 Å². The second-order valence-corrected chi connectivity index (χ2v) is 6.43. The number of nitrogens with one attached hydrogen (secondary N) is 1. The minimum absolute atomic E-state index is 0.129. The van der Waals surface area contributed by atoms with Gasteiger partial charge in [-0.1, -0.05) is 42.1 Å². The first-order valence-electron chi connectivity index (χ1n) is 8.17. The van der Waals surface area contributed by atoms with Gasteiger partial charge in [0.1, 0.15) is 18.2 Å². The molecule has 3 rings (SSSR count). The highest BCUT2D eigenvalue weighted by molar-refractivity contribution is 7.99. The number of benzene rings is 2. The van der Waals surface area contributed by atoms with Gasteiger partial charge >= 0.3 is 0 Å².